The lowest BCUT2D eigenvalue weighted by Crippen LogP contribution is -2.35. The maximum absolute atomic E-state index is 10.3. The fourth-order valence-corrected chi connectivity index (χ4v) is 1.44. The highest BCUT2D eigenvalue weighted by atomic mass is 31.2. The van der Waals surface area contributed by atoms with E-state index in [0.29, 0.717) is 0 Å². The van der Waals surface area contributed by atoms with Crippen LogP contribution in [0.15, 0.2) is 0 Å². The second-order valence-corrected chi connectivity index (χ2v) is 4.38. The van der Waals surface area contributed by atoms with Gasteiger partial charge in [0.25, 0.3) is 0 Å². The summed E-state index contributed by atoms with van der Waals surface area (Å²) in [4.78, 5) is 27.0. The molecule has 6 N–H and O–H groups in total. The van der Waals surface area contributed by atoms with Crippen LogP contribution in [-0.4, -0.2) is 44.3 Å². The van der Waals surface area contributed by atoms with Crippen LogP contribution < -0.4 is 5.73 Å². The molecule has 7 nitrogen and oxygen atoms in total. The van der Waals surface area contributed by atoms with Crippen LogP contribution in [0, 0.1) is 0 Å². The van der Waals surface area contributed by atoms with Gasteiger partial charge in [-0.1, -0.05) is 0 Å². The van der Waals surface area contributed by atoms with Gasteiger partial charge in [-0.05, 0) is 6.42 Å². The second kappa shape index (κ2) is 4.69. The minimum atomic E-state index is -4.31. The minimum Gasteiger partial charge on any atom is -0.480 e. The summed E-state index contributed by atoms with van der Waals surface area (Å²) in [6.07, 6.45) is -2.54. The number of carboxylic acids is 1. The number of aliphatic hydroxyl groups is 1. The molecule has 0 fully saturated rings. The summed E-state index contributed by atoms with van der Waals surface area (Å²) in [6.45, 7) is 0. The highest BCUT2D eigenvalue weighted by molar-refractivity contribution is 7.51. The van der Waals surface area contributed by atoms with Crippen molar-refractivity contribution in [1.82, 2.24) is 0 Å². The van der Waals surface area contributed by atoms with E-state index in [0.717, 1.165) is 0 Å². The predicted molar refractivity (Wildman–Crippen MR) is 43.1 cm³/mol. The van der Waals surface area contributed by atoms with E-state index in [-0.39, 0.29) is 6.42 Å². The number of aliphatic hydroxyl groups excluding tert-OH is 1. The maximum Gasteiger partial charge on any atom is 0.328 e. The maximum atomic E-state index is 10.3. The quantitative estimate of drug-likeness (QED) is 0.343. The predicted octanol–water partition coefficient (Wildman–Crippen LogP) is -1.67. The third kappa shape index (κ3) is 6.68. The van der Waals surface area contributed by atoms with Crippen molar-refractivity contribution in [3.05, 3.63) is 0 Å². The monoisotopic (exact) mass is 213 g/mol. The van der Waals surface area contributed by atoms with Crippen molar-refractivity contribution >= 4 is 13.6 Å². The number of hydrogen-bond acceptors (Lipinski definition) is 4. The first-order chi connectivity index (χ1) is 5.72. The standard InChI is InChI=1S/C5H12NO6P/c6-4(5(8)9)1-3(7)2-13(10,11)12/h3-4,7H,1-2,6H2,(H,8,9)(H2,10,11,12). The molecule has 0 aromatic heterocycles. The molecular formula is C5H12NO6P. The van der Waals surface area contributed by atoms with Crippen molar-refractivity contribution < 1.29 is 29.4 Å². The summed E-state index contributed by atoms with van der Waals surface area (Å²) >= 11 is 0. The number of nitrogens with two attached hydrogens (primary N) is 1. The summed E-state index contributed by atoms with van der Waals surface area (Å²) in [6, 6.07) is -1.30. The van der Waals surface area contributed by atoms with Crippen molar-refractivity contribution in [1.29, 1.82) is 0 Å². The molecule has 0 aliphatic rings. The van der Waals surface area contributed by atoms with E-state index < -0.39 is 31.9 Å². The Labute approximate surface area is 74.3 Å². The van der Waals surface area contributed by atoms with Crippen molar-refractivity contribution in [3.63, 3.8) is 0 Å². The van der Waals surface area contributed by atoms with Gasteiger partial charge in [0.15, 0.2) is 0 Å². The number of aliphatic carboxylic acids is 1. The van der Waals surface area contributed by atoms with Crippen LogP contribution in [0.2, 0.25) is 0 Å². The third-order valence-electron chi connectivity index (χ3n) is 1.29. The summed E-state index contributed by atoms with van der Waals surface area (Å²) in [7, 11) is -4.31. The van der Waals surface area contributed by atoms with E-state index in [2.05, 4.69) is 0 Å². The average Bonchev–Trinajstić information content (AvgIpc) is 1.81. The van der Waals surface area contributed by atoms with E-state index in [9.17, 15) is 9.36 Å². The van der Waals surface area contributed by atoms with E-state index in [4.69, 9.17) is 25.7 Å². The Morgan fingerprint density at radius 3 is 2.23 bits per heavy atom. The Morgan fingerprint density at radius 2 is 1.92 bits per heavy atom. The highest BCUT2D eigenvalue weighted by Crippen LogP contribution is 2.35. The fraction of sp³-hybridized carbons (Fsp3) is 0.800. The molecule has 0 amide bonds. The molecular weight excluding hydrogens is 201 g/mol. The number of carboxylic acid groups (broad SMARTS) is 1. The van der Waals surface area contributed by atoms with Gasteiger partial charge in [-0.2, -0.15) is 0 Å². The SMILES string of the molecule is NC(CC(O)CP(=O)(O)O)C(=O)O. The molecule has 13 heavy (non-hydrogen) atoms. The Kier molecular flexibility index (Phi) is 4.52. The smallest absolute Gasteiger partial charge is 0.328 e. The van der Waals surface area contributed by atoms with Gasteiger partial charge in [-0.25, -0.2) is 0 Å². The number of rotatable bonds is 5. The molecule has 2 unspecified atom stereocenters. The first-order valence-corrected chi connectivity index (χ1v) is 5.23. The van der Waals surface area contributed by atoms with Crippen LogP contribution in [0.25, 0.3) is 0 Å². The van der Waals surface area contributed by atoms with Crippen LogP contribution in [0.3, 0.4) is 0 Å². The van der Waals surface area contributed by atoms with E-state index in [1.165, 1.54) is 0 Å². The molecule has 0 radical (unpaired) electrons. The molecule has 0 spiro atoms. The molecule has 8 heteroatoms. The normalized spacial score (nSPS) is 16.6. The molecule has 0 aliphatic heterocycles. The zero-order chi connectivity index (χ0) is 10.6. The fourth-order valence-electron chi connectivity index (χ4n) is 0.743. The third-order valence-corrected chi connectivity index (χ3v) is 2.19. The molecule has 2 atom stereocenters. The van der Waals surface area contributed by atoms with Gasteiger partial charge in [0, 0.05) is 0 Å². The lowest BCUT2D eigenvalue weighted by atomic mass is 10.1. The van der Waals surface area contributed by atoms with Crippen molar-refractivity contribution in [3.8, 4) is 0 Å². The van der Waals surface area contributed by atoms with Crippen molar-refractivity contribution in [2.24, 2.45) is 5.73 Å². The van der Waals surface area contributed by atoms with Crippen LogP contribution in [0.1, 0.15) is 6.42 Å². The molecule has 0 aliphatic carbocycles. The molecule has 0 aromatic carbocycles. The van der Waals surface area contributed by atoms with Gasteiger partial charge < -0.3 is 25.7 Å². The molecule has 0 aromatic rings. The van der Waals surface area contributed by atoms with Gasteiger partial charge in [-0.3, -0.25) is 9.36 Å². The van der Waals surface area contributed by atoms with Gasteiger partial charge >= 0.3 is 13.6 Å². The largest absolute Gasteiger partial charge is 0.480 e. The average molecular weight is 213 g/mol. The molecule has 0 bridgehead atoms. The van der Waals surface area contributed by atoms with Gasteiger partial charge in [0.2, 0.25) is 0 Å². The first kappa shape index (κ1) is 12.5. The Bertz CT molecular complexity index is 225. The first-order valence-electron chi connectivity index (χ1n) is 3.43. The van der Waals surface area contributed by atoms with E-state index in [1.54, 1.807) is 0 Å². The van der Waals surface area contributed by atoms with E-state index in [1.807, 2.05) is 0 Å². The highest BCUT2D eigenvalue weighted by Gasteiger charge is 2.23. The molecule has 0 saturated carbocycles. The summed E-state index contributed by atoms with van der Waals surface area (Å²) in [5, 5.41) is 17.3. The van der Waals surface area contributed by atoms with Gasteiger partial charge in [-0.15, -0.1) is 0 Å². The Morgan fingerprint density at radius 1 is 1.46 bits per heavy atom. The van der Waals surface area contributed by atoms with Crippen LogP contribution in [0.5, 0.6) is 0 Å². The minimum absolute atomic E-state index is 0.375. The molecule has 0 rings (SSSR count). The molecule has 78 valence electrons. The van der Waals surface area contributed by atoms with Crippen LogP contribution >= 0.6 is 7.60 Å². The summed E-state index contributed by atoms with van der Waals surface area (Å²) in [5.41, 5.74) is 5.02. The van der Waals surface area contributed by atoms with Gasteiger partial charge in [0.05, 0.1) is 12.3 Å². The Balaban J connectivity index is 3.95. The zero-order valence-electron chi connectivity index (χ0n) is 6.70. The number of hydrogen-bond donors (Lipinski definition) is 5. The lowest BCUT2D eigenvalue weighted by Gasteiger charge is -2.13. The Hall–Kier alpha value is -0.460. The van der Waals surface area contributed by atoms with Crippen LogP contribution in [-0.2, 0) is 9.36 Å². The lowest BCUT2D eigenvalue weighted by molar-refractivity contribution is -0.139. The second-order valence-electron chi connectivity index (χ2n) is 2.68. The topological polar surface area (TPSA) is 141 Å². The molecule has 0 saturated heterocycles. The van der Waals surface area contributed by atoms with Gasteiger partial charge in [0.1, 0.15) is 6.04 Å². The zero-order valence-corrected chi connectivity index (χ0v) is 7.59. The summed E-state index contributed by atoms with van der Waals surface area (Å²) in [5.74, 6) is -1.32. The van der Waals surface area contributed by atoms with E-state index >= 15 is 0 Å². The number of carbonyl (C=O) groups is 1. The van der Waals surface area contributed by atoms with Crippen molar-refractivity contribution in [2.45, 2.75) is 18.6 Å². The van der Waals surface area contributed by atoms with Crippen molar-refractivity contribution in [2.75, 3.05) is 6.16 Å². The van der Waals surface area contributed by atoms with Crippen LogP contribution in [0.4, 0.5) is 0 Å². The summed E-state index contributed by atoms with van der Waals surface area (Å²) < 4.78 is 10.3. The molecule has 0 heterocycles.